The minimum Gasteiger partial charge on any atom is -0.462 e. The number of fused-ring (bicyclic) bond motifs is 1. The summed E-state index contributed by atoms with van der Waals surface area (Å²) in [6.07, 6.45) is 2.10. The Hall–Kier alpha value is -2.80. The maximum atomic E-state index is 13.0. The molecule has 3 heterocycles. The zero-order chi connectivity index (χ0) is 23.8. The van der Waals surface area contributed by atoms with E-state index < -0.39 is 5.97 Å². The predicted molar refractivity (Wildman–Crippen MR) is 137 cm³/mol. The van der Waals surface area contributed by atoms with Crippen LogP contribution in [0.3, 0.4) is 0 Å². The van der Waals surface area contributed by atoms with E-state index in [0.29, 0.717) is 43.2 Å². The number of rotatable bonds is 5. The van der Waals surface area contributed by atoms with Crippen molar-refractivity contribution in [2.24, 2.45) is 0 Å². The van der Waals surface area contributed by atoms with Crippen LogP contribution in [0.5, 0.6) is 0 Å². The number of carbonyl (C=O) groups is 1. The Kier molecular flexibility index (Phi) is 6.38. The first kappa shape index (κ1) is 23.0. The van der Waals surface area contributed by atoms with Crippen molar-refractivity contribution in [1.82, 2.24) is 14.8 Å². The quantitative estimate of drug-likeness (QED) is 0.273. The Labute approximate surface area is 212 Å². The first-order valence-corrected chi connectivity index (χ1v) is 12.2. The van der Waals surface area contributed by atoms with Gasteiger partial charge in [-0.1, -0.05) is 46.9 Å². The maximum absolute atomic E-state index is 13.0. The molecule has 0 saturated carbocycles. The summed E-state index contributed by atoms with van der Waals surface area (Å²) in [6, 6.07) is 14.5. The van der Waals surface area contributed by atoms with Crippen molar-refractivity contribution in [3.05, 3.63) is 69.2 Å². The summed E-state index contributed by atoms with van der Waals surface area (Å²) in [4.78, 5) is 19.9. The summed E-state index contributed by atoms with van der Waals surface area (Å²) in [5.41, 5.74) is 3.17. The molecule has 1 fully saturated rings. The molecule has 4 aromatic rings. The van der Waals surface area contributed by atoms with Gasteiger partial charge in [-0.2, -0.15) is 0 Å². The molecule has 174 valence electrons. The number of aromatic nitrogens is 3. The lowest BCUT2D eigenvalue weighted by Crippen LogP contribution is -2.23. The number of pyridine rings is 1. The lowest BCUT2D eigenvalue weighted by atomic mass is 10.1. The van der Waals surface area contributed by atoms with Crippen LogP contribution in [-0.2, 0) is 4.74 Å². The van der Waals surface area contributed by atoms with Crippen LogP contribution in [0.1, 0.15) is 30.1 Å². The van der Waals surface area contributed by atoms with Crippen molar-refractivity contribution < 1.29 is 9.53 Å². The minimum absolute atomic E-state index is 0.278. The topological polar surface area (TPSA) is 60.3 Å². The average molecular weight is 516 g/mol. The van der Waals surface area contributed by atoms with E-state index in [1.54, 1.807) is 23.7 Å². The van der Waals surface area contributed by atoms with Gasteiger partial charge in [0, 0.05) is 34.1 Å². The highest BCUT2D eigenvalue weighted by Crippen LogP contribution is 2.37. The fourth-order valence-corrected chi connectivity index (χ4v) is 4.86. The average Bonchev–Trinajstić information content (AvgIpc) is 3.47. The van der Waals surface area contributed by atoms with Gasteiger partial charge in [0.05, 0.1) is 23.0 Å². The Bertz CT molecular complexity index is 1380. The third kappa shape index (κ3) is 4.22. The molecule has 0 atom stereocenters. The molecule has 0 aliphatic carbocycles. The molecule has 1 aliphatic rings. The van der Waals surface area contributed by atoms with Gasteiger partial charge in [0.15, 0.2) is 5.65 Å². The molecular weight excluding hydrogens is 495 g/mol. The number of hydrogen-bond donors (Lipinski definition) is 0. The van der Waals surface area contributed by atoms with Gasteiger partial charge < -0.3 is 9.64 Å². The van der Waals surface area contributed by atoms with Gasteiger partial charge in [0.1, 0.15) is 11.4 Å². The number of esters is 1. The van der Waals surface area contributed by atoms with Crippen LogP contribution in [0.15, 0.2) is 48.5 Å². The molecular formula is C25H21Cl3N4O2. The van der Waals surface area contributed by atoms with Crippen molar-refractivity contribution in [2.75, 3.05) is 24.6 Å². The van der Waals surface area contributed by atoms with Crippen LogP contribution in [0, 0.1) is 0 Å². The number of nitrogens with zero attached hydrogens (tertiary/aromatic N) is 4. The third-order valence-corrected chi connectivity index (χ3v) is 6.59. The summed E-state index contributed by atoms with van der Waals surface area (Å²) < 4.78 is 7.11. The van der Waals surface area contributed by atoms with Gasteiger partial charge in [-0.25, -0.2) is 14.5 Å². The highest BCUT2D eigenvalue weighted by molar-refractivity contribution is 6.35. The van der Waals surface area contributed by atoms with E-state index in [9.17, 15) is 4.79 Å². The number of halogens is 3. The second kappa shape index (κ2) is 9.45. The van der Waals surface area contributed by atoms with Gasteiger partial charge in [-0.05, 0) is 56.2 Å². The fraction of sp³-hybridized carbons (Fsp3) is 0.240. The molecule has 0 spiro atoms. The SMILES string of the molecule is CCOC(=O)c1cc2c(-c3ccc(Cl)cc3)n(-c3ccc(Cl)cc3Cl)nc2nc1N1CCCC1. The summed E-state index contributed by atoms with van der Waals surface area (Å²) in [5.74, 6) is 0.191. The molecule has 1 aliphatic heterocycles. The lowest BCUT2D eigenvalue weighted by Gasteiger charge is -2.19. The van der Waals surface area contributed by atoms with Crippen LogP contribution >= 0.6 is 34.8 Å². The predicted octanol–water partition coefficient (Wildman–Crippen LogP) is 6.82. The van der Waals surface area contributed by atoms with Gasteiger partial charge in [0.2, 0.25) is 0 Å². The standard InChI is InChI=1S/C25H21Cl3N4O2/c1-2-34-25(33)19-14-18-22(15-5-7-16(26)8-6-15)32(21-10-9-17(27)13-20(21)28)30-23(18)29-24(19)31-11-3-4-12-31/h5-10,13-14H,2-4,11-12H2,1H3. The van der Waals surface area contributed by atoms with Crippen LogP contribution in [0.4, 0.5) is 5.82 Å². The van der Waals surface area contributed by atoms with E-state index in [4.69, 9.17) is 49.6 Å². The van der Waals surface area contributed by atoms with Crippen molar-refractivity contribution in [3.63, 3.8) is 0 Å². The maximum Gasteiger partial charge on any atom is 0.341 e. The smallest absolute Gasteiger partial charge is 0.341 e. The monoisotopic (exact) mass is 514 g/mol. The fourth-order valence-electron chi connectivity index (χ4n) is 4.25. The van der Waals surface area contributed by atoms with Gasteiger partial charge >= 0.3 is 5.97 Å². The molecule has 5 rings (SSSR count). The molecule has 6 nitrogen and oxygen atoms in total. The van der Waals surface area contributed by atoms with E-state index in [-0.39, 0.29) is 6.61 Å². The second-order valence-electron chi connectivity index (χ2n) is 8.01. The molecule has 2 aromatic carbocycles. The van der Waals surface area contributed by atoms with Gasteiger partial charge in [-0.3, -0.25) is 0 Å². The molecule has 1 saturated heterocycles. The zero-order valence-corrected chi connectivity index (χ0v) is 20.7. The Morgan fingerprint density at radius 2 is 1.71 bits per heavy atom. The van der Waals surface area contributed by atoms with E-state index in [1.165, 1.54) is 0 Å². The molecule has 2 aromatic heterocycles. The molecule has 0 N–H and O–H groups in total. The summed E-state index contributed by atoms with van der Waals surface area (Å²) in [5, 5.41) is 7.11. The van der Waals surface area contributed by atoms with Gasteiger partial charge in [0.25, 0.3) is 0 Å². The molecule has 0 amide bonds. The van der Waals surface area contributed by atoms with Crippen LogP contribution in [-0.4, -0.2) is 40.4 Å². The number of anilines is 1. The number of ether oxygens (including phenoxy) is 1. The number of hydrogen-bond acceptors (Lipinski definition) is 5. The van der Waals surface area contributed by atoms with E-state index in [2.05, 4.69) is 4.90 Å². The molecule has 0 unspecified atom stereocenters. The Balaban J connectivity index is 1.81. The highest BCUT2D eigenvalue weighted by Gasteiger charge is 2.26. The summed E-state index contributed by atoms with van der Waals surface area (Å²) >= 11 is 18.9. The van der Waals surface area contributed by atoms with E-state index in [1.807, 2.05) is 36.4 Å². The van der Waals surface area contributed by atoms with Gasteiger partial charge in [-0.15, -0.1) is 5.10 Å². The van der Waals surface area contributed by atoms with Crippen LogP contribution in [0.25, 0.3) is 28.0 Å². The molecule has 9 heteroatoms. The zero-order valence-electron chi connectivity index (χ0n) is 18.4. The molecule has 0 radical (unpaired) electrons. The minimum atomic E-state index is -0.405. The third-order valence-electron chi connectivity index (χ3n) is 5.80. The summed E-state index contributed by atoms with van der Waals surface area (Å²) in [6.45, 7) is 3.73. The molecule has 0 bridgehead atoms. The van der Waals surface area contributed by atoms with Crippen molar-refractivity contribution in [3.8, 4) is 16.9 Å². The number of benzene rings is 2. The van der Waals surface area contributed by atoms with Crippen molar-refractivity contribution >= 4 is 57.6 Å². The summed E-state index contributed by atoms with van der Waals surface area (Å²) in [7, 11) is 0. The molecule has 34 heavy (non-hydrogen) atoms. The Morgan fingerprint density at radius 1 is 1.00 bits per heavy atom. The number of carbonyl (C=O) groups excluding carboxylic acids is 1. The normalized spacial score (nSPS) is 13.6. The first-order chi connectivity index (χ1) is 16.5. The second-order valence-corrected chi connectivity index (χ2v) is 9.29. The van der Waals surface area contributed by atoms with Crippen molar-refractivity contribution in [1.29, 1.82) is 0 Å². The van der Waals surface area contributed by atoms with E-state index in [0.717, 1.165) is 37.2 Å². The first-order valence-electron chi connectivity index (χ1n) is 11.0. The lowest BCUT2D eigenvalue weighted by molar-refractivity contribution is 0.0527. The largest absolute Gasteiger partial charge is 0.462 e. The van der Waals surface area contributed by atoms with Crippen LogP contribution in [0.2, 0.25) is 15.1 Å². The highest BCUT2D eigenvalue weighted by atomic mass is 35.5. The van der Waals surface area contributed by atoms with Crippen LogP contribution < -0.4 is 4.90 Å². The van der Waals surface area contributed by atoms with Crippen molar-refractivity contribution in [2.45, 2.75) is 19.8 Å². The van der Waals surface area contributed by atoms with E-state index >= 15 is 0 Å². The Morgan fingerprint density at radius 3 is 2.38 bits per heavy atom.